The average Bonchev–Trinajstić information content (AvgIpc) is 2.05. The maximum Gasteiger partial charge on any atom is 0.146 e. The molecule has 1 heterocycles. The molecule has 1 saturated heterocycles. The zero-order chi connectivity index (χ0) is 7.40. The summed E-state index contributed by atoms with van der Waals surface area (Å²) in [5.74, 6) is 0.638. The zero-order valence-corrected chi connectivity index (χ0v) is 6.38. The van der Waals surface area contributed by atoms with Gasteiger partial charge in [-0.25, -0.2) is 0 Å². The Bertz CT molecular complexity index is 87.3. The van der Waals surface area contributed by atoms with Crippen LogP contribution in [0.1, 0.15) is 13.3 Å². The molecule has 1 aliphatic rings. The van der Waals surface area contributed by atoms with Crippen LogP contribution in [0, 0.1) is 18.8 Å². The summed E-state index contributed by atoms with van der Waals surface area (Å²) in [7, 11) is 0. The number of ether oxygens (including phenoxy) is 2. The van der Waals surface area contributed by atoms with Crippen LogP contribution in [-0.2, 0) is 9.47 Å². The van der Waals surface area contributed by atoms with Gasteiger partial charge in [-0.1, -0.05) is 13.3 Å². The SMILES string of the molecule is [CH]C(CC)C1COCOC1. The molecule has 2 radical (unpaired) electrons. The molecule has 58 valence electrons. The highest BCUT2D eigenvalue weighted by Gasteiger charge is 2.19. The smallest absolute Gasteiger partial charge is 0.146 e. The fourth-order valence-electron chi connectivity index (χ4n) is 1.09. The van der Waals surface area contributed by atoms with Crippen LogP contribution in [0.4, 0.5) is 0 Å². The van der Waals surface area contributed by atoms with E-state index in [9.17, 15) is 0 Å². The lowest BCUT2D eigenvalue weighted by Gasteiger charge is -2.26. The number of hydrogen-bond acceptors (Lipinski definition) is 2. The zero-order valence-electron chi connectivity index (χ0n) is 6.38. The molecule has 0 aromatic carbocycles. The third-order valence-corrected chi connectivity index (χ3v) is 1.91. The predicted molar refractivity (Wildman–Crippen MR) is 38.3 cm³/mol. The summed E-state index contributed by atoms with van der Waals surface area (Å²) in [6.07, 6.45) is 0.997. The van der Waals surface area contributed by atoms with Gasteiger partial charge in [0.1, 0.15) is 6.79 Å². The van der Waals surface area contributed by atoms with Crippen molar-refractivity contribution < 1.29 is 9.47 Å². The van der Waals surface area contributed by atoms with Crippen LogP contribution in [0.25, 0.3) is 0 Å². The van der Waals surface area contributed by atoms with Crippen LogP contribution in [0.5, 0.6) is 0 Å². The highest BCUT2D eigenvalue weighted by molar-refractivity contribution is 4.71. The lowest BCUT2D eigenvalue weighted by molar-refractivity contribution is -0.134. The summed E-state index contributed by atoms with van der Waals surface area (Å²) in [4.78, 5) is 0. The Balaban J connectivity index is 2.24. The van der Waals surface area contributed by atoms with Gasteiger partial charge in [-0.2, -0.15) is 0 Å². The fourth-order valence-corrected chi connectivity index (χ4v) is 1.09. The van der Waals surface area contributed by atoms with E-state index >= 15 is 0 Å². The Labute approximate surface area is 62.5 Å². The van der Waals surface area contributed by atoms with Crippen molar-refractivity contribution in [1.82, 2.24) is 0 Å². The van der Waals surface area contributed by atoms with Gasteiger partial charge >= 0.3 is 0 Å². The molecular formula is C8H14O2. The molecule has 0 aromatic rings. The summed E-state index contributed by atoms with van der Waals surface area (Å²) in [6.45, 7) is 9.83. The monoisotopic (exact) mass is 142 g/mol. The predicted octanol–water partition coefficient (Wildman–Crippen LogP) is 1.34. The Morgan fingerprint density at radius 1 is 1.50 bits per heavy atom. The highest BCUT2D eigenvalue weighted by atomic mass is 16.7. The molecule has 2 heteroatoms. The van der Waals surface area contributed by atoms with E-state index in [4.69, 9.17) is 16.4 Å². The second-order valence-corrected chi connectivity index (χ2v) is 2.69. The van der Waals surface area contributed by atoms with Gasteiger partial charge in [0.15, 0.2) is 0 Å². The first-order valence-electron chi connectivity index (χ1n) is 3.75. The van der Waals surface area contributed by atoms with Gasteiger partial charge in [-0.3, -0.25) is 0 Å². The van der Waals surface area contributed by atoms with Gasteiger partial charge in [0.05, 0.1) is 13.2 Å². The van der Waals surface area contributed by atoms with Crippen LogP contribution in [0.3, 0.4) is 0 Å². The average molecular weight is 142 g/mol. The molecule has 10 heavy (non-hydrogen) atoms. The van der Waals surface area contributed by atoms with Gasteiger partial charge < -0.3 is 9.47 Å². The Morgan fingerprint density at radius 3 is 2.60 bits per heavy atom. The quantitative estimate of drug-likeness (QED) is 0.579. The lowest BCUT2D eigenvalue weighted by atomic mass is 9.93. The third kappa shape index (κ3) is 1.96. The minimum atomic E-state index is 0.236. The maximum absolute atomic E-state index is 5.79. The van der Waals surface area contributed by atoms with E-state index in [0.29, 0.717) is 12.7 Å². The molecule has 0 aromatic heterocycles. The van der Waals surface area contributed by atoms with Crippen molar-refractivity contribution in [2.75, 3.05) is 20.0 Å². The Morgan fingerprint density at radius 2 is 2.10 bits per heavy atom. The minimum absolute atomic E-state index is 0.236. The molecule has 0 bridgehead atoms. The van der Waals surface area contributed by atoms with E-state index in [0.717, 1.165) is 19.6 Å². The molecule has 1 aliphatic heterocycles. The summed E-state index contributed by atoms with van der Waals surface area (Å²) in [5, 5.41) is 0. The third-order valence-electron chi connectivity index (χ3n) is 1.91. The number of rotatable bonds is 2. The minimum Gasteiger partial charge on any atom is -0.355 e. The maximum atomic E-state index is 5.79. The Hall–Kier alpha value is -0.0800. The van der Waals surface area contributed by atoms with E-state index in [-0.39, 0.29) is 5.92 Å². The lowest BCUT2D eigenvalue weighted by Crippen LogP contribution is -2.28. The van der Waals surface area contributed by atoms with E-state index in [1.54, 1.807) is 0 Å². The summed E-state index contributed by atoms with van der Waals surface area (Å²) >= 11 is 0. The number of hydrogen-bond donors (Lipinski definition) is 0. The van der Waals surface area contributed by atoms with Gasteiger partial charge in [-0.15, -0.1) is 0 Å². The van der Waals surface area contributed by atoms with Crippen molar-refractivity contribution >= 4 is 0 Å². The largest absolute Gasteiger partial charge is 0.355 e. The molecule has 1 rings (SSSR count). The van der Waals surface area contributed by atoms with Crippen molar-refractivity contribution in [2.24, 2.45) is 11.8 Å². The summed E-state index contributed by atoms with van der Waals surface area (Å²) < 4.78 is 10.2. The highest BCUT2D eigenvalue weighted by Crippen LogP contribution is 2.18. The molecule has 0 amide bonds. The first-order chi connectivity index (χ1) is 4.84. The van der Waals surface area contributed by atoms with E-state index in [1.807, 2.05) is 0 Å². The Kier molecular flexibility index (Phi) is 3.16. The molecule has 1 unspecified atom stereocenters. The summed E-state index contributed by atoms with van der Waals surface area (Å²) in [6, 6.07) is 0. The van der Waals surface area contributed by atoms with E-state index < -0.39 is 0 Å². The van der Waals surface area contributed by atoms with Crippen LogP contribution >= 0.6 is 0 Å². The van der Waals surface area contributed by atoms with Gasteiger partial charge in [0.25, 0.3) is 0 Å². The normalized spacial score (nSPS) is 24.6. The van der Waals surface area contributed by atoms with Gasteiger partial charge in [0.2, 0.25) is 0 Å². The second-order valence-electron chi connectivity index (χ2n) is 2.69. The van der Waals surface area contributed by atoms with Gasteiger partial charge in [0, 0.05) is 5.92 Å². The van der Waals surface area contributed by atoms with Crippen molar-refractivity contribution in [2.45, 2.75) is 13.3 Å². The molecular weight excluding hydrogens is 128 g/mol. The molecule has 0 N–H and O–H groups in total. The first-order valence-corrected chi connectivity index (χ1v) is 3.75. The molecule has 0 spiro atoms. The first kappa shape index (κ1) is 8.02. The van der Waals surface area contributed by atoms with Crippen LogP contribution in [-0.4, -0.2) is 20.0 Å². The van der Waals surface area contributed by atoms with Gasteiger partial charge in [-0.05, 0) is 12.8 Å². The topological polar surface area (TPSA) is 18.5 Å². The molecule has 1 atom stereocenters. The molecule has 0 aliphatic carbocycles. The van der Waals surface area contributed by atoms with E-state index in [1.165, 1.54) is 0 Å². The van der Waals surface area contributed by atoms with Crippen LogP contribution < -0.4 is 0 Å². The van der Waals surface area contributed by atoms with Crippen molar-refractivity contribution in [1.29, 1.82) is 0 Å². The molecule has 2 nitrogen and oxygen atoms in total. The second kappa shape index (κ2) is 3.94. The van der Waals surface area contributed by atoms with E-state index in [2.05, 4.69) is 6.92 Å². The standard InChI is InChI=1S/C8H14O2/c1-3-7(2)8-4-9-6-10-5-8/h2,7-8H,3-6H2,1H3. The van der Waals surface area contributed by atoms with Crippen molar-refractivity contribution in [3.63, 3.8) is 0 Å². The molecule has 1 fully saturated rings. The summed E-state index contributed by atoms with van der Waals surface area (Å²) in [5.41, 5.74) is 0. The van der Waals surface area contributed by atoms with Crippen LogP contribution in [0.15, 0.2) is 0 Å². The van der Waals surface area contributed by atoms with Crippen LogP contribution in [0.2, 0.25) is 0 Å². The van der Waals surface area contributed by atoms with Crippen molar-refractivity contribution in [3.8, 4) is 0 Å². The fraction of sp³-hybridized carbons (Fsp3) is 0.875. The molecule has 0 saturated carbocycles. The van der Waals surface area contributed by atoms with Crippen molar-refractivity contribution in [3.05, 3.63) is 6.92 Å².